The van der Waals surface area contributed by atoms with Gasteiger partial charge in [-0.05, 0) is 13.8 Å². The molecule has 0 saturated carbocycles. The molecule has 0 bridgehead atoms. The molecule has 0 radical (unpaired) electrons. The van der Waals surface area contributed by atoms with Crippen molar-refractivity contribution in [3.63, 3.8) is 0 Å². The fourth-order valence-corrected chi connectivity index (χ4v) is 1.93. The molecule has 0 aliphatic heterocycles. The first-order chi connectivity index (χ1) is 9.94. The average Bonchev–Trinajstić information content (AvgIpc) is 2.91. The van der Waals surface area contributed by atoms with Crippen LogP contribution in [0.5, 0.6) is 0 Å². The largest absolute Gasteiger partial charge is 0.469 e. The van der Waals surface area contributed by atoms with E-state index in [-0.39, 0.29) is 30.3 Å². The molecule has 0 aromatic carbocycles. The van der Waals surface area contributed by atoms with Gasteiger partial charge in [0.2, 0.25) is 0 Å². The molecule has 8 heteroatoms. The van der Waals surface area contributed by atoms with Crippen molar-refractivity contribution in [2.75, 3.05) is 20.2 Å². The van der Waals surface area contributed by atoms with Gasteiger partial charge in [0.05, 0.1) is 24.7 Å². The lowest BCUT2D eigenvalue weighted by atomic mass is 10.3. The normalized spacial score (nSPS) is 10.2. The molecule has 116 valence electrons. The van der Waals surface area contributed by atoms with Gasteiger partial charge in [0.1, 0.15) is 5.69 Å². The van der Waals surface area contributed by atoms with Crippen LogP contribution in [0.15, 0.2) is 12.3 Å². The van der Waals surface area contributed by atoms with E-state index in [1.807, 2.05) is 0 Å². The number of esters is 1. The maximum atomic E-state index is 12.4. The van der Waals surface area contributed by atoms with Crippen LogP contribution in [-0.2, 0) is 16.1 Å². The Bertz CT molecular complexity index is 538. The van der Waals surface area contributed by atoms with E-state index >= 15 is 0 Å². The number of hydrogen-bond acceptors (Lipinski definition) is 5. The number of aryl methyl sites for hydroxylation is 1. The highest BCUT2D eigenvalue weighted by atomic mass is 16.6. The molecule has 0 fully saturated rings. The predicted molar refractivity (Wildman–Crippen MR) is 75.0 cm³/mol. The highest BCUT2D eigenvalue weighted by Crippen LogP contribution is 2.18. The Morgan fingerprint density at radius 2 is 2.10 bits per heavy atom. The van der Waals surface area contributed by atoms with Crippen LogP contribution >= 0.6 is 0 Å². The number of methoxy groups -OCH3 is 1. The van der Waals surface area contributed by atoms with E-state index in [0.717, 1.165) is 0 Å². The lowest BCUT2D eigenvalue weighted by Crippen LogP contribution is -2.34. The number of carbonyl (C=O) groups is 2. The van der Waals surface area contributed by atoms with Gasteiger partial charge >= 0.3 is 5.97 Å². The first-order valence-electron chi connectivity index (χ1n) is 6.65. The fraction of sp³-hybridized carbons (Fsp3) is 0.538. The van der Waals surface area contributed by atoms with Gasteiger partial charge < -0.3 is 14.2 Å². The van der Waals surface area contributed by atoms with Crippen molar-refractivity contribution in [3.05, 3.63) is 28.1 Å². The predicted octanol–water partition coefficient (Wildman–Crippen LogP) is 1.44. The molecular weight excluding hydrogens is 278 g/mol. The van der Waals surface area contributed by atoms with Gasteiger partial charge in [-0.3, -0.25) is 19.7 Å². The number of hydrogen-bond donors (Lipinski definition) is 0. The molecule has 21 heavy (non-hydrogen) atoms. The Hall–Kier alpha value is -2.38. The van der Waals surface area contributed by atoms with Crippen LogP contribution in [0.1, 0.15) is 30.8 Å². The molecule has 0 unspecified atom stereocenters. The number of aromatic nitrogens is 1. The lowest BCUT2D eigenvalue weighted by molar-refractivity contribution is -0.384. The van der Waals surface area contributed by atoms with Crippen LogP contribution in [0.25, 0.3) is 0 Å². The second-order valence-electron chi connectivity index (χ2n) is 4.34. The first-order valence-corrected chi connectivity index (χ1v) is 6.65. The van der Waals surface area contributed by atoms with Crippen molar-refractivity contribution in [2.24, 2.45) is 0 Å². The summed E-state index contributed by atoms with van der Waals surface area (Å²) in [5.74, 6) is -0.741. The zero-order chi connectivity index (χ0) is 16.0. The van der Waals surface area contributed by atoms with E-state index in [1.165, 1.54) is 28.8 Å². The summed E-state index contributed by atoms with van der Waals surface area (Å²) >= 11 is 0. The summed E-state index contributed by atoms with van der Waals surface area (Å²) in [6, 6.07) is 1.26. The van der Waals surface area contributed by atoms with Crippen molar-refractivity contribution < 1.29 is 19.2 Å². The molecule has 0 spiro atoms. The standard InChI is InChI=1S/C13H19N3O5/c1-4-14(7-6-12(17)21-3)13(18)11-8-10(16(19)20)9-15(11)5-2/h8-9H,4-7H2,1-3H3. The fourth-order valence-electron chi connectivity index (χ4n) is 1.93. The zero-order valence-electron chi connectivity index (χ0n) is 12.4. The van der Waals surface area contributed by atoms with E-state index in [0.29, 0.717) is 13.1 Å². The second-order valence-corrected chi connectivity index (χ2v) is 4.34. The molecule has 0 aliphatic rings. The van der Waals surface area contributed by atoms with Crippen LogP contribution in [0.3, 0.4) is 0 Å². The molecule has 1 amide bonds. The molecular formula is C13H19N3O5. The van der Waals surface area contributed by atoms with Crippen molar-refractivity contribution in [1.82, 2.24) is 9.47 Å². The highest BCUT2D eigenvalue weighted by Gasteiger charge is 2.23. The van der Waals surface area contributed by atoms with Crippen molar-refractivity contribution in [1.29, 1.82) is 0 Å². The summed E-state index contributed by atoms with van der Waals surface area (Å²) in [5, 5.41) is 10.8. The van der Waals surface area contributed by atoms with Gasteiger partial charge in [0, 0.05) is 25.7 Å². The molecule has 0 aliphatic carbocycles. The van der Waals surface area contributed by atoms with Gasteiger partial charge in [-0.15, -0.1) is 0 Å². The summed E-state index contributed by atoms with van der Waals surface area (Å²) in [6.45, 7) is 4.64. The minimum Gasteiger partial charge on any atom is -0.469 e. The monoisotopic (exact) mass is 297 g/mol. The van der Waals surface area contributed by atoms with Crippen molar-refractivity contribution >= 4 is 17.6 Å². The van der Waals surface area contributed by atoms with Crippen molar-refractivity contribution in [3.8, 4) is 0 Å². The summed E-state index contributed by atoms with van der Waals surface area (Å²) in [4.78, 5) is 35.3. The van der Waals surface area contributed by atoms with Crippen molar-refractivity contribution in [2.45, 2.75) is 26.8 Å². The number of ether oxygens (including phenoxy) is 1. The van der Waals surface area contributed by atoms with Crippen LogP contribution in [0.2, 0.25) is 0 Å². The van der Waals surface area contributed by atoms with E-state index in [4.69, 9.17) is 0 Å². The Kier molecular flexibility index (Phi) is 5.89. The van der Waals surface area contributed by atoms with Gasteiger partial charge in [0.25, 0.3) is 11.6 Å². The maximum Gasteiger partial charge on any atom is 0.307 e. The second kappa shape index (κ2) is 7.41. The van der Waals surface area contributed by atoms with E-state index in [2.05, 4.69) is 4.74 Å². The molecule has 0 saturated heterocycles. The molecule has 1 aromatic rings. The maximum absolute atomic E-state index is 12.4. The third kappa shape index (κ3) is 4.04. The van der Waals surface area contributed by atoms with Crippen LogP contribution in [-0.4, -0.2) is 46.5 Å². The highest BCUT2D eigenvalue weighted by molar-refractivity contribution is 5.93. The van der Waals surface area contributed by atoms with E-state index in [9.17, 15) is 19.7 Å². The number of carbonyl (C=O) groups excluding carboxylic acids is 2. The number of nitro groups is 1. The topological polar surface area (TPSA) is 94.7 Å². The number of rotatable bonds is 7. The summed E-state index contributed by atoms with van der Waals surface area (Å²) in [6.07, 6.45) is 1.42. The molecule has 0 atom stereocenters. The quantitative estimate of drug-likeness (QED) is 0.431. The smallest absolute Gasteiger partial charge is 0.307 e. The average molecular weight is 297 g/mol. The Morgan fingerprint density at radius 3 is 2.57 bits per heavy atom. The zero-order valence-corrected chi connectivity index (χ0v) is 12.4. The third-order valence-electron chi connectivity index (χ3n) is 3.14. The molecule has 8 nitrogen and oxygen atoms in total. The third-order valence-corrected chi connectivity index (χ3v) is 3.14. The lowest BCUT2D eigenvalue weighted by Gasteiger charge is -2.20. The van der Waals surface area contributed by atoms with Gasteiger partial charge in [-0.2, -0.15) is 0 Å². The SMILES string of the molecule is CCN(CCC(=O)OC)C(=O)c1cc([N+](=O)[O-])cn1CC. The molecule has 1 heterocycles. The number of amides is 1. The summed E-state index contributed by atoms with van der Waals surface area (Å²) in [5.41, 5.74) is 0.125. The number of nitrogens with zero attached hydrogens (tertiary/aromatic N) is 3. The minimum absolute atomic E-state index is 0.0883. The molecule has 0 N–H and O–H groups in total. The molecule has 1 aromatic heterocycles. The van der Waals surface area contributed by atoms with E-state index < -0.39 is 10.9 Å². The van der Waals surface area contributed by atoms with Gasteiger partial charge in [-0.1, -0.05) is 0 Å². The summed E-state index contributed by atoms with van der Waals surface area (Å²) < 4.78 is 6.07. The Morgan fingerprint density at radius 1 is 1.43 bits per heavy atom. The first kappa shape index (κ1) is 16.7. The van der Waals surface area contributed by atoms with E-state index in [1.54, 1.807) is 13.8 Å². The van der Waals surface area contributed by atoms with Crippen LogP contribution in [0.4, 0.5) is 5.69 Å². The van der Waals surface area contributed by atoms with Crippen LogP contribution < -0.4 is 0 Å². The Labute approximate surface area is 122 Å². The summed E-state index contributed by atoms with van der Waals surface area (Å²) in [7, 11) is 1.28. The van der Waals surface area contributed by atoms with Crippen LogP contribution in [0, 0.1) is 10.1 Å². The van der Waals surface area contributed by atoms with Gasteiger partial charge in [0.15, 0.2) is 0 Å². The minimum atomic E-state index is -0.534. The van der Waals surface area contributed by atoms with Gasteiger partial charge in [-0.25, -0.2) is 0 Å². The Balaban J connectivity index is 2.93. The molecule has 1 rings (SSSR count).